The van der Waals surface area contributed by atoms with Crippen LogP contribution in [0.15, 0.2) is 29.2 Å². The maximum absolute atomic E-state index is 9.18. The minimum atomic E-state index is -0.164. The lowest BCUT2D eigenvalue weighted by atomic mass is 10.3. The molecule has 78 valence electrons. The first-order valence-electron chi connectivity index (χ1n) is 5.06. The second-order valence-corrected chi connectivity index (χ2v) is 5.71. The van der Waals surface area contributed by atoms with Crippen LogP contribution in [0.2, 0.25) is 5.02 Å². The quantitative estimate of drug-likeness (QED) is 0.790. The van der Waals surface area contributed by atoms with Crippen molar-refractivity contribution in [3.63, 3.8) is 0 Å². The molecule has 0 aliphatic heterocycles. The predicted molar refractivity (Wildman–Crippen MR) is 64.1 cm³/mol. The Morgan fingerprint density at radius 3 is 2.67 bits per heavy atom. The van der Waals surface area contributed by atoms with E-state index >= 15 is 0 Å². The topological polar surface area (TPSA) is 23.8 Å². The number of benzene rings is 1. The van der Waals surface area contributed by atoms with E-state index in [9.17, 15) is 5.26 Å². The average Bonchev–Trinajstić information content (AvgIpc) is 2.96. The molecule has 1 saturated carbocycles. The van der Waals surface area contributed by atoms with Crippen LogP contribution in [-0.4, -0.2) is 4.75 Å². The van der Waals surface area contributed by atoms with E-state index in [1.165, 1.54) is 0 Å². The van der Waals surface area contributed by atoms with E-state index in [-0.39, 0.29) is 4.75 Å². The lowest BCUT2D eigenvalue weighted by Gasteiger charge is -2.07. The summed E-state index contributed by atoms with van der Waals surface area (Å²) in [5.74, 6) is 0.558. The molecular formula is C12H12ClNS. The summed E-state index contributed by atoms with van der Waals surface area (Å²) in [7, 11) is 0. The fourth-order valence-electron chi connectivity index (χ4n) is 1.78. The zero-order chi connectivity index (χ0) is 10.9. The molecule has 0 saturated heterocycles. The number of nitrogens with zero attached hydrogens (tertiary/aromatic N) is 1. The molecule has 3 heteroatoms. The molecule has 1 aliphatic rings. The molecule has 0 heterocycles. The third-order valence-corrected chi connectivity index (χ3v) is 4.56. The number of hydrogen-bond acceptors (Lipinski definition) is 2. The van der Waals surface area contributed by atoms with Crippen LogP contribution < -0.4 is 0 Å². The summed E-state index contributed by atoms with van der Waals surface area (Å²) in [5.41, 5.74) is 0. The van der Waals surface area contributed by atoms with Gasteiger partial charge in [-0.3, -0.25) is 0 Å². The third kappa shape index (κ3) is 2.14. The summed E-state index contributed by atoms with van der Waals surface area (Å²) in [4.78, 5) is 1.14. The molecule has 2 unspecified atom stereocenters. The van der Waals surface area contributed by atoms with Crippen molar-refractivity contribution in [3.05, 3.63) is 29.3 Å². The van der Waals surface area contributed by atoms with Crippen molar-refractivity contribution in [2.45, 2.75) is 29.4 Å². The van der Waals surface area contributed by atoms with Crippen molar-refractivity contribution in [3.8, 4) is 6.07 Å². The molecule has 1 aromatic carbocycles. The summed E-state index contributed by atoms with van der Waals surface area (Å²) in [6.07, 6.45) is 2.11. The SMILES string of the molecule is CCC1CC1(C#N)Sc1ccc(Cl)cc1. The zero-order valence-electron chi connectivity index (χ0n) is 8.53. The van der Waals surface area contributed by atoms with E-state index in [2.05, 4.69) is 13.0 Å². The van der Waals surface area contributed by atoms with Gasteiger partial charge in [-0.25, -0.2) is 0 Å². The first-order valence-corrected chi connectivity index (χ1v) is 6.25. The van der Waals surface area contributed by atoms with Crippen molar-refractivity contribution in [2.24, 2.45) is 5.92 Å². The van der Waals surface area contributed by atoms with Crippen LogP contribution in [-0.2, 0) is 0 Å². The summed E-state index contributed by atoms with van der Waals surface area (Å²) >= 11 is 7.49. The van der Waals surface area contributed by atoms with Gasteiger partial charge in [0.05, 0.1) is 6.07 Å². The molecule has 2 rings (SSSR count). The number of hydrogen-bond donors (Lipinski definition) is 0. The standard InChI is InChI=1S/C12H12ClNS/c1-2-9-7-12(9,8-14)15-11-5-3-10(13)4-6-11/h3-6,9H,2,7H2,1H3. The van der Waals surface area contributed by atoms with Crippen molar-refractivity contribution >= 4 is 23.4 Å². The smallest absolute Gasteiger partial charge is 0.110 e. The predicted octanol–water partition coefficient (Wildman–Crippen LogP) is 4.12. The van der Waals surface area contributed by atoms with Crippen LogP contribution in [0.3, 0.4) is 0 Å². The molecule has 0 radical (unpaired) electrons. The van der Waals surface area contributed by atoms with Crippen LogP contribution in [0.1, 0.15) is 19.8 Å². The Hall–Kier alpha value is -0.650. The lowest BCUT2D eigenvalue weighted by molar-refractivity contribution is 0.776. The van der Waals surface area contributed by atoms with Gasteiger partial charge in [0.2, 0.25) is 0 Å². The molecule has 0 spiro atoms. The second kappa shape index (κ2) is 4.08. The Balaban J connectivity index is 2.10. The zero-order valence-corrected chi connectivity index (χ0v) is 10.1. The van der Waals surface area contributed by atoms with Gasteiger partial charge in [-0.15, -0.1) is 11.8 Å². The molecule has 0 N–H and O–H groups in total. The fourth-order valence-corrected chi connectivity index (χ4v) is 3.26. The molecule has 1 fully saturated rings. The van der Waals surface area contributed by atoms with E-state index in [0.717, 1.165) is 22.8 Å². The van der Waals surface area contributed by atoms with Gasteiger partial charge in [-0.2, -0.15) is 5.26 Å². The van der Waals surface area contributed by atoms with E-state index in [4.69, 9.17) is 11.6 Å². The van der Waals surface area contributed by atoms with Crippen LogP contribution in [0.5, 0.6) is 0 Å². The minimum Gasteiger partial charge on any atom is -0.197 e. The highest BCUT2D eigenvalue weighted by Crippen LogP contribution is 2.57. The summed E-state index contributed by atoms with van der Waals surface area (Å²) < 4.78 is -0.164. The maximum Gasteiger partial charge on any atom is 0.110 e. The average molecular weight is 238 g/mol. The van der Waals surface area contributed by atoms with E-state index in [0.29, 0.717) is 5.92 Å². The van der Waals surface area contributed by atoms with Crippen molar-refractivity contribution in [2.75, 3.05) is 0 Å². The van der Waals surface area contributed by atoms with Crippen molar-refractivity contribution in [1.29, 1.82) is 5.26 Å². The summed E-state index contributed by atoms with van der Waals surface area (Å²) in [5, 5.41) is 9.92. The van der Waals surface area contributed by atoms with E-state index < -0.39 is 0 Å². The highest BCUT2D eigenvalue weighted by molar-refractivity contribution is 8.01. The van der Waals surface area contributed by atoms with Crippen LogP contribution in [0.4, 0.5) is 0 Å². The summed E-state index contributed by atoms with van der Waals surface area (Å²) in [6.45, 7) is 2.15. The van der Waals surface area contributed by atoms with Gasteiger partial charge in [0.25, 0.3) is 0 Å². The second-order valence-electron chi connectivity index (χ2n) is 3.87. The molecule has 1 aromatic rings. The van der Waals surface area contributed by atoms with Gasteiger partial charge < -0.3 is 0 Å². The number of rotatable bonds is 3. The Kier molecular flexibility index (Phi) is 2.95. The van der Waals surface area contributed by atoms with Crippen LogP contribution in [0, 0.1) is 17.2 Å². The monoisotopic (exact) mass is 237 g/mol. The highest BCUT2D eigenvalue weighted by atomic mass is 35.5. The van der Waals surface area contributed by atoms with Crippen LogP contribution in [0.25, 0.3) is 0 Å². The van der Waals surface area contributed by atoms with E-state index in [1.54, 1.807) is 11.8 Å². The van der Waals surface area contributed by atoms with E-state index in [1.807, 2.05) is 24.3 Å². The fraction of sp³-hybridized carbons (Fsp3) is 0.417. The van der Waals surface area contributed by atoms with Gasteiger partial charge in [-0.05, 0) is 36.6 Å². The largest absolute Gasteiger partial charge is 0.197 e. The van der Waals surface area contributed by atoms with Crippen molar-refractivity contribution < 1.29 is 0 Å². The number of halogens is 1. The van der Waals surface area contributed by atoms with Gasteiger partial charge in [0.1, 0.15) is 4.75 Å². The number of thioether (sulfide) groups is 1. The molecule has 1 nitrogen and oxygen atoms in total. The normalized spacial score (nSPS) is 28.5. The van der Waals surface area contributed by atoms with Gasteiger partial charge in [-0.1, -0.05) is 24.9 Å². The molecule has 0 aromatic heterocycles. The highest BCUT2D eigenvalue weighted by Gasteiger charge is 2.54. The van der Waals surface area contributed by atoms with Crippen molar-refractivity contribution in [1.82, 2.24) is 0 Å². The maximum atomic E-state index is 9.18. The Labute approximate surface area is 99.4 Å². The molecular weight excluding hydrogens is 226 g/mol. The first-order chi connectivity index (χ1) is 7.20. The molecule has 0 amide bonds. The van der Waals surface area contributed by atoms with Gasteiger partial charge >= 0.3 is 0 Å². The Morgan fingerprint density at radius 1 is 1.53 bits per heavy atom. The van der Waals surface area contributed by atoms with Gasteiger partial charge in [0, 0.05) is 9.92 Å². The Bertz CT molecular complexity index is 395. The molecule has 1 aliphatic carbocycles. The lowest BCUT2D eigenvalue weighted by Crippen LogP contribution is -2.01. The first kappa shape index (κ1) is 10.9. The van der Waals surface area contributed by atoms with Gasteiger partial charge in [0.15, 0.2) is 0 Å². The third-order valence-electron chi connectivity index (χ3n) is 2.84. The molecule has 15 heavy (non-hydrogen) atoms. The molecule has 2 atom stereocenters. The Morgan fingerprint density at radius 2 is 2.20 bits per heavy atom. The minimum absolute atomic E-state index is 0.164. The summed E-state index contributed by atoms with van der Waals surface area (Å²) in [6, 6.07) is 10.2. The number of nitriles is 1. The molecule has 0 bridgehead atoms. The van der Waals surface area contributed by atoms with Crippen LogP contribution >= 0.6 is 23.4 Å².